The summed E-state index contributed by atoms with van der Waals surface area (Å²) < 4.78 is 2.53. The van der Waals surface area contributed by atoms with Gasteiger partial charge in [0.25, 0.3) is 0 Å². The molecule has 38 heavy (non-hydrogen) atoms. The summed E-state index contributed by atoms with van der Waals surface area (Å²) in [7, 11) is 0. The Morgan fingerprint density at radius 3 is 1.63 bits per heavy atom. The van der Waals surface area contributed by atoms with Gasteiger partial charge in [0.15, 0.2) is 0 Å². The molecule has 0 spiro atoms. The first-order valence-corrected chi connectivity index (χ1v) is 17.6. The van der Waals surface area contributed by atoms with Gasteiger partial charge in [-0.2, -0.15) is 0 Å². The first kappa shape index (κ1) is 23.7. The summed E-state index contributed by atoms with van der Waals surface area (Å²) in [4.78, 5) is 0. The van der Waals surface area contributed by atoms with Crippen LogP contribution >= 0.6 is 0 Å². The molecule has 0 saturated heterocycles. The third-order valence-electron chi connectivity index (χ3n) is 8.38. The molecule has 1 atom stereocenters. The number of allylic oxidation sites excluding steroid dienone is 1. The van der Waals surface area contributed by atoms with E-state index in [1.807, 2.05) is 0 Å². The van der Waals surface area contributed by atoms with E-state index in [-0.39, 0.29) is 0 Å². The van der Waals surface area contributed by atoms with Crippen LogP contribution in [0.15, 0.2) is 127 Å². The Bertz CT molecular complexity index is 1640. The molecule has 1 heteroatoms. The fourth-order valence-electron chi connectivity index (χ4n) is 6.72. The van der Waals surface area contributed by atoms with Crippen molar-refractivity contribution < 1.29 is 21.3 Å². The van der Waals surface area contributed by atoms with Gasteiger partial charge >= 0.3 is 235 Å². The first-order valence-electron chi connectivity index (χ1n) is 13.5. The molecule has 0 nitrogen and oxygen atoms in total. The van der Waals surface area contributed by atoms with Crippen LogP contribution in [0.4, 0.5) is 0 Å². The number of hydrogen-bond donors (Lipinski definition) is 0. The molecule has 182 valence electrons. The topological polar surface area (TPSA) is 0 Å². The second-order valence-corrected chi connectivity index (χ2v) is 16.9. The van der Waals surface area contributed by atoms with E-state index in [0.29, 0.717) is 7.25 Å². The van der Waals surface area contributed by atoms with E-state index in [1.165, 1.54) is 50.1 Å². The zero-order valence-corrected chi connectivity index (χ0v) is 24.3. The molecule has 5 aromatic rings. The van der Waals surface area contributed by atoms with Gasteiger partial charge in [0, 0.05) is 0 Å². The number of rotatable bonds is 4. The molecule has 1 unspecified atom stereocenters. The van der Waals surface area contributed by atoms with Crippen molar-refractivity contribution in [3.63, 3.8) is 0 Å². The normalized spacial score (nSPS) is 15.2. The van der Waals surface area contributed by atoms with Crippen LogP contribution in [-0.2, 0) is 21.3 Å². The van der Waals surface area contributed by atoms with Gasteiger partial charge in [-0.3, -0.25) is 0 Å². The first-order chi connectivity index (χ1) is 18.7. The minimum absolute atomic E-state index is 0.445. The Kier molecular flexibility index (Phi) is 6.06. The predicted molar refractivity (Wildman–Crippen MR) is 158 cm³/mol. The van der Waals surface area contributed by atoms with Gasteiger partial charge in [-0.05, 0) is 0 Å². The average molecular weight is 566 g/mol. The van der Waals surface area contributed by atoms with Gasteiger partial charge in [-0.15, -0.1) is 0 Å². The summed E-state index contributed by atoms with van der Waals surface area (Å²) in [5.74, 6) is 0. The average Bonchev–Trinajstić information content (AvgIpc) is 3.56. The molecule has 5 aromatic carbocycles. The summed E-state index contributed by atoms with van der Waals surface area (Å²) in [5, 5.41) is 0. The van der Waals surface area contributed by atoms with Crippen molar-refractivity contribution in [2.24, 2.45) is 0 Å². The molecule has 0 amide bonds. The van der Waals surface area contributed by atoms with Crippen LogP contribution in [0.3, 0.4) is 0 Å². The monoisotopic (exact) mass is 564 g/mol. The maximum atomic E-state index is 2.58. The van der Waals surface area contributed by atoms with E-state index in [9.17, 15) is 0 Å². The Balaban J connectivity index is 1.62. The van der Waals surface area contributed by atoms with Crippen LogP contribution in [0.5, 0.6) is 0 Å². The second kappa shape index (κ2) is 9.72. The van der Waals surface area contributed by atoms with Crippen molar-refractivity contribution in [2.75, 3.05) is 0 Å². The molecular formula is C37H30Zr. The number of hydrogen-bond acceptors (Lipinski definition) is 0. The zero-order valence-electron chi connectivity index (χ0n) is 21.9. The SMILES string of the molecule is Cc1ccc(C)c2c1C=C[CH]2[Zr](=[C](c1ccccc1)c1ccccc1)[CH]1c2ccccc2-c2ccccc21. The summed E-state index contributed by atoms with van der Waals surface area (Å²) in [6, 6.07) is 45.6. The number of fused-ring (bicyclic) bond motifs is 4. The number of aryl methyl sites for hydroxylation is 2. The summed E-state index contributed by atoms with van der Waals surface area (Å²) in [6.45, 7) is 4.59. The van der Waals surface area contributed by atoms with E-state index in [2.05, 4.69) is 147 Å². The Morgan fingerprint density at radius 1 is 0.553 bits per heavy atom. The predicted octanol–water partition coefficient (Wildman–Crippen LogP) is 9.03. The van der Waals surface area contributed by atoms with Gasteiger partial charge in [-0.25, -0.2) is 0 Å². The van der Waals surface area contributed by atoms with E-state index in [0.717, 1.165) is 0 Å². The molecule has 0 fully saturated rings. The van der Waals surface area contributed by atoms with E-state index >= 15 is 0 Å². The molecule has 0 N–H and O–H groups in total. The van der Waals surface area contributed by atoms with Gasteiger partial charge in [0.2, 0.25) is 0 Å². The van der Waals surface area contributed by atoms with Crippen molar-refractivity contribution >= 4 is 9.28 Å². The Labute approximate surface area is 233 Å². The molecular weight excluding hydrogens is 536 g/mol. The van der Waals surface area contributed by atoms with Crippen LogP contribution in [0, 0.1) is 13.8 Å². The molecule has 0 heterocycles. The molecule has 2 aliphatic rings. The van der Waals surface area contributed by atoms with Gasteiger partial charge in [0.1, 0.15) is 0 Å². The fraction of sp³-hybridized carbons (Fsp3) is 0.108. The third kappa shape index (κ3) is 3.79. The molecule has 0 radical (unpaired) electrons. The van der Waals surface area contributed by atoms with E-state index < -0.39 is 21.3 Å². The Hall–Kier alpha value is -3.41. The van der Waals surface area contributed by atoms with Crippen LogP contribution in [0.25, 0.3) is 17.2 Å². The van der Waals surface area contributed by atoms with Crippen LogP contribution in [0.1, 0.15) is 51.8 Å². The summed E-state index contributed by atoms with van der Waals surface area (Å²) >= 11 is -2.69. The molecule has 0 aromatic heterocycles. The fourth-order valence-corrected chi connectivity index (χ4v) is 16.9. The maximum absolute atomic E-state index is 2.69. The number of benzene rings is 5. The van der Waals surface area contributed by atoms with E-state index in [1.54, 1.807) is 8.77 Å². The second-order valence-electron chi connectivity index (χ2n) is 10.5. The van der Waals surface area contributed by atoms with Crippen molar-refractivity contribution in [3.8, 4) is 11.1 Å². The standard InChI is InChI=1S/C13H9.C13H10.C11H11.Zr/c1-3-7-12-10(5-1)9-11-6-2-4-8-13(11)12;1-3-7-12(8-4-1)11-13-9-5-2-6-10-13;1-8-6-7-9(2)11-5-3-4-10(8)11;/h1-9H;1-10H;3-7H,1-2H3;. The minimum atomic E-state index is -2.69. The third-order valence-corrected chi connectivity index (χ3v) is 17.1. The summed E-state index contributed by atoms with van der Waals surface area (Å²) in [6.07, 6.45) is 5.01. The molecule has 7 rings (SSSR count). The van der Waals surface area contributed by atoms with Crippen LogP contribution < -0.4 is 0 Å². The van der Waals surface area contributed by atoms with Crippen LogP contribution in [-0.4, -0.2) is 3.21 Å². The molecule has 2 aliphatic carbocycles. The zero-order chi connectivity index (χ0) is 25.6. The molecule has 0 bridgehead atoms. The van der Waals surface area contributed by atoms with Crippen molar-refractivity contribution in [3.05, 3.63) is 172 Å². The van der Waals surface area contributed by atoms with Gasteiger partial charge in [0.05, 0.1) is 0 Å². The molecule has 0 saturated carbocycles. The van der Waals surface area contributed by atoms with Gasteiger partial charge in [-0.1, -0.05) is 0 Å². The summed E-state index contributed by atoms with van der Waals surface area (Å²) in [5.41, 5.74) is 14.5. The van der Waals surface area contributed by atoms with Gasteiger partial charge < -0.3 is 0 Å². The quantitative estimate of drug-likeness (QED) is 0.204. The van der Waals surface area contributed by atoms with Crippen molar-refractivity contribution in [1.29, 1.82) is 0 Å². The van der Waals surface area contributed by atoms with Crippen molar-refractivity contribution in [1.82, 2.24) is 0 Å². The van der Waals surface area contributed by atoms with Crippen LogP contribution in [0.2, 0.25) is 0 Å². The molecule has 0 aliphatic heterocycles. The van der Waals surface area contributed by atoms with Crippen molar-refractivity contribution in [2.45, 2.75) is 21.1 Å². The Morgan fingerprint density at radius 2 is 1.05 bits per heavy atom. The van der Waals surface area contributed by atoms with E-state index in [4.69, 9.17) is 0 Å².